The van der Waals surface area contributed by atoms with Crippen LogP contribution in [0.3, 0.4) is 0 Å². The largest absolute Gasteiger partial charge is 0.423 e. The van der Waals surface area contributed by atoms with Gasteiger partial charge in [-0.25, -0.2) is 0 Å². The molecule has 0 fully saturated rings. The van der Waals surface area contributed by atoms with E-state index in [1.165, 1.54) is 6.07 Å². The van der Waals surface area contributed by atoms with Crippen molar-refractivity contribution in [2.75, 3.05) is 0 Å². The van der Waals surface area contributed by atoms with E-state index in [-0.39, 0.29) is 10.0 Å². The highest BCUT2D eigenvalue weighted by atomic mass is 79.9. The summed E-state index contributed by atoms with van der Waals surface area (Å²) in [4.78, 5) is 9.42. The molecule has 0 unspecified atom stereocenters. The van der Waals surface area contributed by atoms with Crippen molar-refractivity contribution in [2.24, 2.45) is 5.73 Å². The number of benzene rings is 1. The van der Waals surface area contributed by atoms with Crippen LogP contribution in [-0.4, -0.2) is 4.92 Å². The molecule has 0 amide bonds. The van der Waals surface area contributed by atoms with E-state index in [1.54, 1.807) is 0 Å². The molecule has 1 rings (SSSR count). The number of nitro benzene ring substituents is 1. The van der Waals surface area contributed by atoms with Crippen molar-refractivity contribution in [1.82, 2.24) is 0 Å². The van der Waals surface area contributed by atoms with Crippen LogP contribution in [0.2, 0.25) is 0 Å². The lowest BCUT2D eigenvalue weighted by Gasteiger charge is -2.13. The zero-order valence-corrected chi connectivity index (χ0v) is 9.30. The fourth-order valence-electron chi connectivity index (χ4n) is 1.28. The highest BCUT2D eigenvalue weighted by Gasteiger charge is 2.41. The molecule has 1 aromatic carbocycles. The molecule has 88 valence electrons. The van der Waals surface area contributed by atoms with Crippen LogP contribution < -0.4 is 5.73 Å². The fraction of sp³-hybridized carbons (Fsp3) is 0.250. The van der Waals surface area contributed by atoms with E-state index in [0.717, 1.165) is 6.07 Å². The highest BCUT2D eigenvalue weighted by molar-refractivity contribution is 9.10. The second-order valence-corrected chi connectivity index (χ2v) is 3.73. The number of alkyl halides is 3. The van der Waals surface area contributed by atoms with Gasteiger partial charge < -0.3 is 5.73 Å². The summed E-state index contributed by atoms with van der Waals surface area (Å²) in [5.74, 6) is 0. The maximum atomic E-state index is 12.7. The number of rotatable bonds is 2. The zero-order valence-electron chi connectivity index (χ0n) is 7.71. The van der Waals surface area contributed by atoms with Crippen molar-refractivity contribution >= 4 is 21.6 Å². The molecule has 0 bridgehead atoms. The Kier molecular flexibility index (Phi) is 3.54. The van der Waals surface area contributed by atoms with Crippen LogP contribution in [0.5, 0.6) is 0 Å². The molecule has 2 N–H and O–H groups in total. The van der Waals surface area contributed by atoms with Gasteiger partial charge in [-0.1, -0.05) is 15.9 Å². The number of halogens is 4. The Morgan fingerprint density at radius 2 is 2.00 bits per heavy atom. The zero-order chi connectivity index (χ0) is 12.5. The van der Waals surface area contributed by atoms with Crippen molar-refractivity contribution in [2.45, 2.75) is 12.7 Å². The Morgan fingerprint density at radius 1 is 1.44 bits per heavy atom. The van der Waals surface area contributed by atoms with E-state index >= 15 is 0 Å². The van der Waals surface area contributed by atoms with Gasteiger partial charge in [0, 0.05) is 17.1 Å². The SMILES string of the molecule is NCc1c(Br)ccc([N+](=O)[O-])c1C(F)(F)F. The van der Waals surface area contributed by atoms with Gasteiger partial charge in [-0.05, 0) is 11.6 Å². The van der Waals surface area contributed by atoms with Crippen molar-refractivity contribution in [3.05, 3.63) is 37.8 Å². The van der Waals surface area contributed by atoms with Crippen LogP contribution in [0.1, 0.15) is 11.1 Å². The molecule has 0 radical (unpaired) electrons. The van der Waals surface area contributed by atoms with E-state index in [9.17, 15) is 23.3 Å². The highest BCUT2D eigenvalue weighted by Crippen LogP contribution is 2.40. The lowest BCUT2D eigenvalue weighted by Crippen LogP contribution is -2.15. The summed E-state index contributed by atoms with van der Waals surface area (Å²) in [6.07, 6.45) is -4.80. The molecule has 0 aliphatic heterocycles. The summed E-state index contributed by atoms with van der Waals surface area (Å²) in [7, 11) is 0. The summed E-state index contributed by atoms with van der Waals surface area (Å²) in [6, 6.07) is 1.97. The standard InChI is InChI=1S/C8H6BrF3N2O2/c9-5-1-2-6(14(15)16)7(4(5)3-13)8(10,11)12/h1-2H,3,13H2. The Labute approximate surface area is 96.5 Å². The molecule has 16 heavy (non-hydrogen) atoms. The van der Waals surface area contributed by atoms with E-state index in [2.05, 4.69) is 15.9 Å². The molecular weight excluding hydrogens is 293 g/mol. The summed E-state index contributed by atoms with van der Waals surface area (Å²) >= 11 is 2.88. The molecule has 0 aliphatic carbocycles. The van der Waals surface area contributed by atoms with Crippen LogP contribution in [0.25, 0.3) is 0 Å². The monoisotopic (exact) mass is 298 g/mol. The number of hydrogen-bond donors (Lipinski definition) is 1. The summed E-state index contributed by atoms with van der Waals surface area (Å²) < 4.78 is 38.1. The first-order chi connectivity index (χ1) is 7.29. The van der Waals surface area contributed by atoms with Crippen LogP contribution >= 0.6 is 15.9 Å². The molecule has 0 heterocycles. The third-order valence-corrected chi connectivity index (χ3v) is 2.66. The number of nitrogens with two attached hydrogens (primary N) is 1. The molecule has 1 aromatic rings. The smallest absolute Gasteiger partial charge is 0.326 e. The molecular formula is C8H6BrF3N2O2. The fourth-order valence-corrected chi connectivity index (χ4v) is 1.77. The quantitative estimate of drug-likeness (QED) is 0.674. The van der Waals surface area contributed by atoms with Gasteiger partial charge in [-0.15, -0.1) is 0 Å². The second kappa shape index (κ2) is 4.38. The summed E-state index contributed by atoms with van der Waals surface area (Å²) in [6.45, 7) is -0.433. The Bertz CT molecular complexity index is 434. The van der Waals surface area contributed by atoms with E-state index in [0.29, 0.717) is 0 Å². The molecule has 8 heteroatoms. The first-order valence-electron chi connectivity index (χ1n) is 4.02. The predicted molar refractivity (Wildman–Crippen MR) is 53.7 cm³/mol. The van der Waals surface area contributed by atoms with E-state index in [4.69, 9.17) is 5.73 Å². The number of nitro groups is 1. The van der Waals surface area contributed by atoms with Crippen LogP contribution in [-0.2, 0) is 12.7 Å². The number of hydrogen-bond acceptors (Lipinski definition) is 3. The normalized spacial score (nSPS) is 11.6. The van der Waals surface area contributed by atoms with E-state index < -0.39 is 28.9 Å². The molecule has 0 atom stereocenters. The lowest BCUT2D eigenvalue weighted by molar-refractivity contribution is -0.388. The minimum Gasteiger partial charge on any atom is -0.326 e. The first-order valence-corrected chi connectivity index (χ1v) is 4.81. The van der Waals surface area contributed by atoms with Crippen LogP contribution in [0.4, 0.5) is 18.9 Å². The van der Waals surface area contributed by atoms with Gasteiger partial charge >= 0.3 is 6.18 Å². The predicted octanol–water partition coefficient (Wildman–Crippen LogP) is 2.83. The molecule has 4 nitrogen and oxygen atoms in total. The van der Waals surface area contributed by atoms with Gasteiger partial charge in [0.2, 0.25) is 0 Å². The molecule has 0 saturated heterocycles. The molecule has 0 saturated carbocycles. The van der Waals surface area contributed by atoms with Gasteiger partial charge in [0.25, 0.3) is 5.69 Å². The second-order valence-electron chi connectivity index (χ2n) is 2.88. The topological polar surface area (TPSA) is 69.2 Å². The Morgan fingerprint density at radius 3 is 2.38 bits per heavy atom. The van der Waals surface area contributed by atoms with Crippen LogP contribution in [0.15, 0.2) is 16.6 Å². The maximum absolute atomic E-state index is 12.7. The minimum atomic E-state index is -4.80. The Balaban J connectivity index is 3.61. The molecule has 0 aromatic heterocycles. The average Bonchev–Trinajstić information content (AvgIpc) is 2.15. The summed E-state index contributed by atoms with van der Waals surface area (Å²) in [5.41, 5.74) is 2.56. The van der Waals surface area contributed by atoms with Gasteiger partial charge in [-0.3, -0.25) is 10.1 Å². The van der Waals surface area contributed by atoms with Gasteiger partial charge in [0.05, 0.1) is 4.92 Å². The Hall–Kier alpha value is -1.15. The van der Waals surface area contributed by atoms with Crippen molar-refractivity contribution in [3.8, 4) is 0 Å². The van der Waals surface area contributed by atoms with Crippen molar-refractivity contribution < 1.29 is 18.1 Å². The van der Waals surface area contributed by atoms with Gasteiger partial charge in [0.1, 0.15) is 5.56 Å². The van der Waals surface area contributed by atoms with Gasteiger partial charge in [-0.2, -0.15) is 13.2 Å². The third-order valence-electron chi connectivity index (χ3n) is 1.92. The van der Waals surface area contributed by atoms with Gasteiger partial charge in [0.15, 0.2) is 0 Å². The minimum absolute atomic E-state index is 0.105. The molecule has 0 aliphatic rings. The first kappa shape index (κ1) is 12.9. The number of nitrogens with zero attached hydrogens (tertiary/aromatic N) is 1. The third kappa shape index (κ3) is 2.33. The lowest BCUT2D eigenvalue weighted by atomic mass is 10.1. The maximum Gasteiger partial charge on any atom is 0.423 e. The van der Waals surface area contributed by atoms with Crippen LogP contribution in [0, 0.1) is 10.1 Å². The van der Waals surface area contributed by atoms with Crippen molar-refractivity contribution in [1.29, 1.82) is 0 Å². The average molecular weight is 299 g/mol. The summed E-state index contributed by atoms with van der Waals surface area (Å²) in [5, 5.41) is 10.5. The molecule has 0 spiro atoms. The van der Waals surface area contributed by atoms with Crippen molar-refractivity contribution in [3.63, 3.8) is 0 Å². The van der Waals surface area contributed by atoms with E-state index in [1.807, 2.05) is 0 Å².